The second kappa shape index (κ2) is 12.7. The van der Waals surface area contributed by atoms with Crippen LogP contribution >= 0.6 is 0 Å². The number of nitrogens with zero attached hydrogens (tertiary/aromatic N) is 1. The first-order valence-corrected chi connectivity index (χ1v) is 20.4. The number of fused-ring (bicyclic) bond motifs is 7. The monoisotopic (exact) mass is 719 g/mol. The van der Waals surface area contributed by atoms with E-state index < -0.39 is 5.41 Å². The number of hydrogen-bond donors (Lipinski definition) is 0. The van der Waals surface area contributed by atoms with Gasteiger partial charge in [-0.3, -0.25) is 0 Å². The Morgan fingerprint density at radius 1 is 0.446 bits per heavy atom. The average molecular weight is 720 g/mol. The van der Waals surface area contributed by atoms with Gasteiger partial charge in [-0.1, -0.05) is 166 Å². The fourth-order valence-electron chi connectivity index (χ4n) is 11.2. The lowest BCUT2D eigenvalue weighted by Gasteiger charge is -2.35. The number of benzene rings is 8. The Hall–Kier alpha value is -6.18. The molecule has 270 valence electrons. The van der Waals surface area contributed by atoms with Gasteiger partial charge >= 0.3 is 0 Å². The lowest BCUT2D eigenvalue weighted by atomic mass is 9.67. The van der Waals surface area contributed by atoms with Crippen molar-refractivity contribution in [2.24, 2.45) is 5.92 Å². The Labute approximate surface area is 330 Å². The van der Waals surface area contributed by atoms with Crippen molar-refractivity contribution in [2.75, 3.05) is 4.90 Å². The Morgan fingerprint density at radius 2 is 1.05 bits per heavy atom. The Morgan fingerprint density at radius 3 is 1.79 bits per heavy atom. The van der Waals surface area contributed by atoms with Crippen LogP contribution in [0.25, 0.3) is 33.0 Å². The molecule has 11 rings (SSSR count). The van der Waals surface area contributed by atoms with Crippen LogP contribution in [0.1, 0.15) is 72.4 Å². The van der Waals surface area contributed by atoms with Gasteiger partial charge in [0.05, 0.1) is 5.41 Å². The van der Waals surface area contributed by atoms with E-state index >= 15 is 0 Å². The summed E-state index contributed by atoms with van der Waals surface area (Å²) in [5, 5.41) is 2.50. The highest BCUT2D eigenvalue weighted by Crippen LogP contribution is 2.60. The van der Waals surface area contributed by atoms with E-state index in [0.717, 1.165) is 5.92 Å². The van der Waals surface area contributed by atoms with Crippen molar-refractivity contribution in [3.8, 4) is 22.3 Å². The zero-order chi connectivity index (χ0) is 37.4. The minimum Gasteiger partial charge on any atom is -0.310 e. The molecule has 0 bridgehead atoms. The van der Waals surface area contributed by atoms with Crippen LogP contribution in [-0.4, -0.2) is 0 Å². The van der Waals surface area contributed by atoms with E-state index in [0.29, 0.717) is 5.92 Å². The Kier molecular flexibility index (Phi) is 7.52. The molecule has 3 aliphatic rings. The third kappa shape index (κ3) is 4.86. The van der Waals surface area contributed by atoms with Crippen LogP contribution in [0.4, 0.5) is 17.1 Å². The van der Waals surface area contributed by atoms with E-state index in [4.69, 9.17) is 0 Å². The van der Waals surface area contributed by atoms with E-state index in [1.807, 2.05) is 0 Å². The third-order valence-electron chi connectivity index (χ3n) is 13.7. The molecule has 0 radical (unpaired) electrons. The highest BCUT2D eigenvalue weighted by molar-refractivity contribution is 5.93. The van der Waals surface area contributed by atoms with E-state index in [2.05, 4.69) is 207 Å². The summed E-state index contributed by atoms with van der Waals surface area (Å²) in [5.74, 6) is 1.40. The minimum absolute atomic E-state index is 0.146. The molecule has 3 aliphatic carbocycles. The van der Waals surface area contributed by atoms with Crippen LogP contribution in [0.3, 0.4) is 0 Å². The van der Waals surface area contributed by atoms with Crippen LogP contribution < -0.4 is 4.90 Å². The molecule has 1 nitrogen and oxygen atoms in total. The molecule has 0 heterocycles. The van der Waals surface area contributed by atoms with Crippen molar-refractivity contribution in [3.05, 3.63) is 221 Å². The molecule has 8 aromatic carbocycles. The van der Waals surface area contributed by atoms with Crippen LogP contribution in [0.5, 0.6) is 0 Å². The summed E-state index contributed by atoms with van der Waals surface area (Å²) in [4.78, 5) is 2.52. The standard InChI is InChI=1S/C55H45N/c1-54(2)50-24-14-23-46(50)47-30-28-44(35-52(47)54)56(43-27-25-38-17-12-13-18-39(38)33-43)45-29-31-48-49-34-40(37-15-6-3-7-16-37)26-32-51(49)55(53(48)36-45,41-19-8-4-9-20-41)42-21-10-5-11-22-42/h3-13,15-22,25-36,46,50H,14,23-24H2,1-2H3. The van der Waals surface area contributed by atoms with Crippen molar-refractivity contribution in [1.82, 2.24) is 0 Å². The summed E-state index contributed by atoms with van der Waals surface area (Å²) in [6, 6.07) is 70.7. The lowest BCUT2D eigenvalue weighted by Crippen LogP contribution is -2.28. The molecule has 56 heavy (non-hydrogen) atoms. The molecule has 1 saturated carbocycles. The Balaban J connectivity index is 1.18. The van der Waals surface area contributed by atoms with Gasteiger partial charge in [0.15, 0.2) is 0 Å². The summed E-state index contributed by atoms with van der Waals surface area (Å²) < 4.78 is 0. The fourth-order valence-corrected chi connectivity index (χ4v) is 11.2. The van der Waals surface area contributed by atoms with Gasteiger partial charge in [-0.2, -0.15) is 0 Å². The maximum absolute atomic E-state index is 2.54. The summed E-state index contributed by atoms with van der Waals surface area (Å²) in [5.41, 5.74) is 16.5. The molecule has 8 aromatic rings. The van der Waals surface area contributed by atoms with E-state index in [-0.39, 0.29) is 5.41 Å². The quantitative estimate of drug-likeness (QED) is 0.165. The molecule has 0 spiro atoms. The van der Waals surface area contributed by atoms with E-state index in [1.165, 1.54) is 97.2 Å². The maximum atomic E-state index is 2.54. The van der Waals surface area contributed by atoms with Crippen LogP contribution in [0, 0.1) is 5.92 Å². The molecule has 1 heteroatoms. The minimum atomic E-state index is -0.509. The normalized spacial score (nSPS) is 18.2. The van der Waals surface area contributed by atoms with E-state index in [1.54, 1.807) is 5.56 Å². The molecular formula is C55H45N. The van der Waals surface area contributed by atoms with Crippen LogP contribution in [-0.2, 0) is 10.8 Å². The van der Waals surface area contributed by atoms with Crippen molar-refractivity contribution in [1.29, 1.82) is 0 Å². The molecule has 0 aromatic heterocycles. The highest BCUT2D eigenvalue weighted by atomic mass is 15.1. The highest BCUT2D eigenvalue weighted by Gasteiger charge is 2.49. The lowest BCUT2D eigenvalue weighted by molar-refractivity contribution is 0.334. The van der Waals surface area contributed by atoms with Gasteiger partial charge in [0.2, 0.25) is 0 Å². The van der Waals surface area contributed by atoms with E-state index in [9.17, 15) is 0 Å². The molecule has 1 fully saturated rings. The first-order valence-electron chi connectivity index (χ1n) is 20.4. The predicted octanol–water partition coefficient (Wildman–Crippen LogP) is 14.5. The SMILES string of the molecule is CC1(C)c2cc(N(c3ccc4c(c3)C(c3ccccc3)(c3ccccc3)c3ccc(-c5ccccc5)cc3-4)c3ccc4ccccc4c3)ccc2C2CCCC21. The number of hydrogen-bond acceptors (Lipinski definition) is 1. The zero-order valence-electron chi connectivity index (χ0n) is 32.1. The van der Waals surface area contributed by atoms with Gasteiger partial charge in [0, 0.05) is 17.1 Å². The number of anilines is 3. The topological polar surface area (TPSA) is 3.24 Å². The molecule has 0 N–H and O–H groups in total. The number of rotatable bonds is 6. The van der Waals surface area contributed by atoms with Gasteiger partial charge in [-0.25, -0.2) is 0 Å². The summed E-state index contributed by atoms with van der Waals surface area (Å²) in [6.07, 6.45) is 3.99. The largest absolute Gasteiger partial charge is 0.310 e. The first-order chi connectivity index (χ1) is 27.5. The van der Waals surface area contributed by atoms with Gasteiger partial charge < -0.3 is 4.90 Å². The summed E-state index contributed by atoms with van der Waals surface area (Å²) >= 11 is 0. The Bertz CT molecular complexity index is 2720. The van der Waals surface area contributed by atoms with Gasteiger partial charge in [0.25, 0.3) is 0 Å². The predicted molar refractivity (Wildman–Crippen MR) is 234 cm³/mol. The second-order valence-corrected chi connectivity index (χ2v) is 16.8. The second-order valence-electron chi connectivity index (χ2n) is 16.8. The molecular weight excluding hydrogens is 675 g/mol. The zero-order valence-corrected chi connectivity index (χ0v) is 32.1. The molecule has 0 saturated heterocycles. The van der Waals surface area contributed by atoms with Gasteiger partial charge in [0.1, 0.15) is 0 Å². The third-order valence-corrected chi connectivity index (χ3v) is 13.7. The molecule has 0 amide bonds. The first kappa shape index (κ1) is 33.2. The van der Waals surface area contributed by atoms with Gasteiger partial charge in [-0.15, -0.1) is 0 Å². The van der Waals surface area contributed by atoms with Crippen molar-refractivity contribution in [3.63, 3.8) is 0 Å². The average Bonchev–Trinajstić information content (AvgIpc) is 3.92. The maximum Gasteiger partial charge on any atom is 0.0714 e. The smallest absolute Gasteiger partial charge is 0.0714 e. The summed E-state index contributed by atoms with van der Waals surface area (Å²) in [7, 11) is 0. The molecule has 0 aliphatic heterocycles. The van der Waals surface area contributed by atoms with Crippen molar-refractivity contribution < 1.29 is 0 Å². The van der Waals surface area contributed by atoms with Gasteiger partial charge in [-0.05, 0) is 139 Å². The van der Waals surface area contributed by atoms with Crippen molar-refractivity contribution >= 4 is 27.8 Å². The molecule has 2 atom stereocenters. The molecule has 2 unspecified atom stereocenters. The van der Waals surface area contributed by atoms with Crippen LogP contribution in [0.15, 0.2) is 188 Å². The summed E-state index contributed by atoms with van der Waals surface area (Å²) in [6.45, 7) is 4.99. The van der Waals surface area contributed by atoms with Crippen LogP contribution in [0.2, 0.25) is 0 Å². The van der Waals surface area contributed by atoms with Crippen molar-refractivity contribution in [2.45, 2.75) is 49.9 Å². The fraction of sp³-hybridized carbons (Fsp3) is 0.164.